The number of benzene rings is 1. The molecule has 0 amide bonds. The largest absolute Gasteiger partial charge is 0.496 e. The molecule has 6 nitrogen and oxygen atoms in total. The summed E-state index contributed by atoms with van der Waals surface area (Å²) in [4.78, 5) is -0.0444. The second-order valence-corrected chi connectivity index (χ2v) is 6.01. The first kappa shape index (κ1) is 15.7. The van der Waals surface area contributed by atoms with Crippen LogP contribution in [0.4, 0.5) is 0 Å². The van der Waals surface area contributed by atoms with Gasteiger partial charge < -0.3 is 19.9 Å². The summed E-state index contributed by atoms with van der Waals surface area (Å²) in [6.07, 6.45) is 0.0552. The van der Waals surface area contributed by atoms with E-state index < -0.39 is 15.9 Å². The van der Waals surface area contributed by atoms with Crippen molar-refractivity contribution in [2.24, 2.45) is 0 Å². The molecule has 0 spiro atoms. The molecular weight excluding hydrogens is 270 g/mol. The third-order valence-corrected chi connectivity index (χ3v) is 3.82. The predicted octanol–water partition coefficient (Wildman–Crippen LogP) is 0.360. The van der Waals surface area contributed by atoms with Crippen molar-refractivity contribution in [1.82, 2.24) is 5.32 Å². The zero-order chi connectivity index (χ0) is 14.6. The van der Waals surface area contributed by atoms with Gasteiger partial charge in [0.2, 0.25) is 0 Å². The molecule has 0 heterocycles. The van der Waals surface area contributed by atoms with Gasteiger partial charge in [-0.15, -0.1) is 0 Å². The molecule has 0 saturated carbocycles. The second kappa shape index (κ2) is 6.23. The van der Waals surface area contributed by atoms with Crippen LogP contribution in [0.3, 0.4) is 0 Å². The number of likely N-dealkylation sites (N-methyl/N-ethyl adjacent to an activating group) is 1. The number of rotatable bonds is 6. The maximum absolute atomic E-state index is 11.9. The molecule has 1 atom stereocenters. The lowest BCUT2D eigenvalue weighted by atomic mass is 10.1. The molecule has 2 N–H and O–H groups in total. The Labute approximate surface area is 113 Å². The van der Waals surface area contributed by atoms with Crippen LogP contribution in [-0.2, 0) is 9.84 Å². The van der Waals surface area contributed by atoms with Crippen molar-refractivity contribution < 1.29 is 23.0 Å². The fourth-order valence-electron chi connectivity index (χ4n) is 1.89. The van der Waals surface area contributed by atoms with Gasteiger partial charge in [-0.2, -0.15) is 0 Å². The molecule has 7 heteroatoms. The van der Waals surface area contributed by atoms with E-state index in [2.05, 4.69) is 5.32 Å². The van der Waals surface area contributed by atoms with Crippen LogP contribution < -0.4 is 14.8 Å². The summed E-state index contributed by atoms with van der Waals surface area (Å²) in [6.45, 7) is 0.200. The van der Waals surface area contributed by atoms with Crippen molar-refractivity contribution in [1.29, 1.82) is 0 Å². The van der Waals surface area contributed by atoms with Crippen molar-refractivity contribution in [2.45, 2.75) is 11.0 Å². The van der Waals surface area contributed by atoms with Crippen LogP contribution in [0.5, 0.6) is 11.5 Å². The van der Waals surface area contributed by atoms with Gasteiger partial charge in [-0.1, -0.05) is 0 Å². The topological polar surface area (TPSA) is 84.9 Å². The first-order chi connectivity index (χ1) is 8.86. The van der Waals surface area contributed by atoms with Gasteiger partial charge in [0.15, 0.2) is 9.84 Å². The fourth-order valence-corrected chi connectivity index (χ4v) is 3.05. The van der Waals surface area contributed by atoms with E-state index in [9.17, 15) is 13.5 Å². The lowest BCUT2D eigenvalue weighted by Gasteiger charge is -2.20. The minimum Gasteiger partial charge on any atom is -0.496 e. The molecule has 0 aliphatic heterocycles. The van der Waals surface area contributed by atoms with Gasteiger partial charge in [0, 0.05) is 18.4 Å². The lowest BCUT2D eigenvalue weighted by Crippen LogP contribution is -2.20. The van der Waals surface area contributed by atoms with Crippen molar-refractivity contribution >= 4 is 9.84 Å². The average Bonchev–Trinajstić information content (AvgIpc) is 2.36. The summed E-state index contributed by atoms with van der Waals surface area (Å²) in [5.74, 6) is 0.498. The third-order valence-electron chi connectivity index (χ3n) is 2.66. The zero-order valence-corrected chi connectivity index (χ0v) is 12.2. The number of aliphatic hydroxyl groups is 1. The van der Waals surface area contributed by atoms with Crippen molar-refractivity contribution in [3.63, 3.8) is 0 Å². The smallest absolute Gasteiger partial charge is 0.179 e. The van der Waals surface area contributed by atoms with E-state index in [1.165, 1.54) is 20.3 Å². The molecule has 0 bridgehead atoms. The highest BCUT2D eigenvalue weighted by Gasteiger charge is 2.27. The number of ether oxygens (including phenoxy) is 2. The Morgan fingerprint density at radius 3 is 2.21 bits per heavy atom. The van der Waals surface area contributed by atoms with E-state index >= 15 is 0 Å². The summed E-state index contributed by atoms with van der Waals surface area (Å²) in [5.41, 5.74) is 0.207. The third kappa shape index (κ3) is 3.37. The van der Waals surface area contributed by atoms with E-state index in [0.29, 0.717) is 5.75 Å². The van der Waals surface area contributed by atoms with Crippen molar-refractivity contribution in [3.8, 4) is 11.5 Å². The molecule has 0 fully saturated rings. The summed E-state index contributed by atoms with van der Waals surface area (Å²) in [6, 6.07) is 3.08. The van der Waals surface area contributed by atoms with E-state index in [1.54, 1.807) is 13.1 Å². The Hall–Kier alpha value is -1.31. The molecule has 108 valence electrons. The van der Waals surface area contributed by atoms with Crippen LogP contribution in [0.15, 0.2) is 17.0 Å². The normalized spacial score (nSPS) is 13.1. The number of methoxy groups -OCH3 is 2. The van der Waals surface area contributed by atoms with Crippen molar-refractivity contribution in [3.05, 3.63) is 17.7 Å². The molecule has 0 aliphatic carbocycles. The van der Waals surface area contributed by atoms with Crippen LogP contribution >= 0.6 is 0 Å². The summed E-state index contributed by atoms with van der Waals surface area (Å²) < 4.78 is 34.1. The zero-order valence-electron chi connectivity index (χ0n) is 11.4. The van der Waals surface area contributed by atoms with Gasteiger partial charge in [0.1, 0.15) is 16.4 Å². The molecular formula is C12H19NO5S. The Kier molecular flexibility index (Phi) is 5.16. The minimum atomic E-state index is -3.56. The maximum Gasteiger partial charge on any atom is 0.179 e. The van der Waals surface area contributed by atoms with Crippen LogP contribution in [0, 0.1) is 0 Å². The van der Waals surface area contributed by atoms with Crippen LogP contribution in [-0.4, -0.2) is 47.6 Å². The van der Waals surface area contributed by atoms with Gasteiger partial charge >= 0.3 is 0 Å². The predicted molar refractivity (Wildman–Crippen MR) is 71.5 cm³/mol. The number of sulfone groups is 1. The van der Waals surface area contributed by atoms with Crippen LogP contribution in [0.1, 0.15) is 11.7 Å². The highest BCUT2D eigenvalue weighted by molar-refractivity contribution is 7.90. The van der Waals surface area contributed by atoms with Crippen molar-refractivity contribution in [2.75, 3.05) is 34.1 Å². The van der Waals surface area contributed by atoms with Gasteiger partial charge in [-0.05, 0) is 19.2 Å². The number of hydrogen-bond acceptors (Lipinski definition) is 6. The Morgan fingerprint density at radius 2 is 1.79 bits per heavy atom. The molecule has 19 heavy (non-hydrogen) atoms. The Balaban J connectivity index is 3.62. The lowest BCUT2D eigenvalue weighted by molar-refractivity contribution is 0.169. The molecule has 1 rings (SSSR count). The minimum absolute atomic E-state index is 0.0444. The van der Waals surface area contributed by atoms with Gasteiger partial charge in [0.05, 0.1) is 20.3 Å². The van der Waals surface area contributed by atoms with E-state index in [1.807, 2.05) is 0 Å². The Bertz CT molecular complexity index is 541. The van der Waals surface area contributed by atoms with E-state index in [-0.39, 0.29) is 22.8 Å². The standard InChI is InChI=1S/C12H19NO5S/c1-13-7-8(14)11-9(17-2)5-6-10(18-3)12(11)19(4,15)16/h5-6,8,13-14H,7H2,1-4H3. The van der Waals surface area contributed by atoms with Crippen LogP contribution in [0.25, 0.3) is 0 Å². The van der Waals surface area contributed by atoms with Gasteiger partial charge in [0.25, 0.3) is 0 Å². The average molecular weight is 289 g/mol. The number of aliphatic hydroxyl groups excluding tert-OH is 1. The number of hydrogen-bond donors (Lipinski definition) is 2. The molecule has 0 radical (unpaired) electrons. The molecule has 1 aromatic carbocycles. The van der Waals surface area contributed by atoms with Crippen LogP contribution in [0.2, 0.25) is 0 Å². The Morgan fingerprint density at radius 1 is 1.26 bits per heavy atom. The summed E-state index contributed by atoms with van der Waals surface area (Å²) >= 11 is 0. The first-order valence-corrected chi connectivity index (χ1v) is 7.53. The molecule has 0 aliphatic rings. The first-order valence-electron chi connectivity index (χ1n) is 5.64. The van der Waals surface area contributed by atoms with E-state index in [4.69, 9.17) is 9.47 Å². The molecule has 1 unspecified atom stereocenters. The number of nitrogens with one attached hydrogen (secondary N) is 1. The molecule has 0 saturated heterocycles. The quantitative estimate of drug-likeness (QED) is 0.786. The highest BCUT2D eigenvalue weighted by Crippen LogP contribution is 2.37. The fraction of sp³-hybridized carbons (Fsp3) is 0.500. The summed E-state index contributed by atoms with van der Waals surface area (Å²) in [7, 11) is 0.898. The molecule has 1 aromatic rings. The van der Waals surface area contributed by atoms with Gasteiger partial charge in [-0.25, -0.2) is 8.42 Å². The summed E-state index contributed by atoms with van der Waals surface area (Å²) in [5, 5.41) is 12.9. The highest BCUT2D eigenvalue weighted by atomic mass is 32.2. The second-order valence-electron chi connectivity index (χ2n) is 4.06. The van der Waals surface area contributed by atoms with E-state index in [0.717, 1.165) is 6.26 Å². The van der Waals surface area contributed by atoms with Gasteiger partial charge in [-0.3, -0.25) is 0 Å². The monoisotopic (exact) mass is 289 g/mol. The maximum atomic E-state index is 11.9. The SMILES string of the molecule is CNCC(O)c1c(OC)ccc(OC)c1S(C)(=O)=O. The molecule has 0 aromatic heterocycles.